The molecule has 0 fully saturated rings. The van der Waals surface area contributed by atoms with Crippen LogP contribution in [0, 0.1) is 0 Å². The van der Waals surface area contributed by atoms with Gasteiger partial charge in [0.1, 0.15) is 16.3 Å². The highest BCUT2D eigenvalue weighted by molar-refractivity contribution is 9.10. The number of thiophene rings is 1. The summed E-state index contributed by atoms with van der Waals surface area (Å²) in [7, 11) is 1.58. The van der Waals surface area contributed by atoms with Crippen molar-refractivity contribution in [2.24, 2.45) is 0 Å². The molecule has 7 heteroatoms. The summed E-state index contributed by atoms with van der Waals surface area (Å²) in [4.78, 5) is 18.8. The Morgan fingerprint density at radius 2 is 2.04 bits per heavy atom. The number of hydrogen-bond donors (Lipinski definition) is 1. The average molecular weight is 442 g/mol. The molecule has 1 amide bonds. The Labute approximate surface area is 168 Å². The van der Waals surface area contributed by atoms with Gasteiger partial charge in [0.05, 0.1) is 19.3 Å². The van der Waals surface area contributed by atoms with Crippen molar-refractivity contribution in [3.8, 4) is 16.2 Å². The first-order valence-corrected chi connectivity index (χ1v) is 9.89. The van der Waals surface area contributed by atoms with E-state index in [1.165, 1.54) is 11.3 Å². The zero-order valence-corrected chi connectivity index (χ0v) is 16.9. The van der Waals surface area contributed by atoms with Crippen LogP contribution in [0.2, 0.25) is 0 Å². The normalized spacial score (nSPS) is 10.9. The molecule has 0 aliphatic heterocycles. The summed E-state index contributed by atoms with van der Waals surface area (Å²) in [5, 5.41) is 2.93. The van der Waals surface area contributed by atoms with Gasteiger partial charge in [-0.05, 0) is 39.7 Å². The molecule has 0 bridgehead atoms. The standard InChI is InChI=1S/C20H16BrN3O2S/c1-26-16-9-17(13-5-3-2-4-6-13)27-19(16)20(25)22-10-15-12-24-11-14(21)7-8-18(24)23-15/h2-9,11-12H,10H2,1H3,(H,22,25). The van der Waals surface area contributed by atoms with Crippen LogP contribution >= 0.6 is 27.3 Å². The first kappa shape index (κ1) is 17.8. The van der Waals surface area contributed by atoms with Crippen molar-refractivity contribution in [2.75, 3.05) is 7.11 Å². The Bertz CT molecular complexity index is 1110. The first-order valence-electron chi connectivity index (χ1n) is 8.28. The van der Waals surface area contributed by atoms with Crippen LogP contribution in [0.4, 0.5) is 0 Å². The Balaban J connectivity index is 1.52. The van der Waals surface area contributed by atoms with Gasteiger partial charge in [0.25, 0.3) is 5.91 Å². The maximum absolute atomic E-state index is 12.7. The number of benzene rings is 1. The first-order chi connectivity index (χ1) is 13.1. The number of ether oxygens (including phenoxy) is 1. The molecule has 3 aromatic heterocycles. The lowest BCUT2D eigenvalue weighted by Crippen LogP contribution is -2.22. The highest BCUT2D eigenvalue weighted by Crippen LogP contribution is 2.36. The summed E-state index contributed by atoms with van der Waals surface area (Å²) in [5.41, 5.74) is 2.69. The largest absolute Gasteiger partial charge is 0.495 e. The smallest absolute Gasteiger partial charge is 0.265 e. The van der Waals surface area contributed by atoms with E-state index in [1.807, 2.05) is 65.3 Å². The SMILES string of the molecule is COc1cc(-c2ccccc2)sc1C(=O)NCc1cn2cc(Br)ccc2n1. The second kappa shape index (κ2) is 7.54. The van der Waals surface area contributed by atoms with Crippen molar-refractivity contribution >= 4 is 38.8 Å². The molecule has 0 saturated carbocycles. The van der Waals surface area contributed by atoms with Crippen LogP contribution < -0.4 is 10.1 Å². The molecule has 0 aliphatic carbocycles. The number of pyridine rings is 1. The molecule has 136 valence electrons. The number of amides is 1. The topological polar surface area (TPSA) is 55.6 Å². The molecular formula is C20H16BrN3O2S. The third-order valence-corrected chi connectivity index (χ3v) is 5.71. The van der Waals surface area contributed by atoms with Crippen LogP contribution in [0.15, 0.2) is 65.4 Å². The number of fused-ring (bicyclic) bond motifs is 1. The zero-order valence-electron chi connectivity index (χ0n) is 14.5. The lowest BCUT2D eigenvalue weighted by Gasteiger charge is -2.03. The van der Waals surface area contributed by atoms with Crippen molar-refractivity contribution in [1.29, 1.82) is 0 Å². The molecule has 0 radical (unpaired) electrons. The molecule has 0 saturated heterocycles. The van der Waals surface area contributed by atoms with E-state index in [1.54, 1.807) is 7.11 Å². The molecule has 0 spiro atoms. The van der Waals surface area contributed by atoms with Crippen molar-refractivity contribution < 1.29 is 9.53 Å². The van der Waals surface area contributed by atoms with Gasteiger partial charge in [0.15, 0.2) is 0 Å². The maximum atomic E-state index is 12.7. The Morgan fingerprint density at radius 1 is 1.22 bits per heavy atom. The minimum absolute atomic E-state index is 0.169. The molecule has 0 unspecified atom stereocenters. The fraction of sp³-hybridized carbons (Fsp3) is 0.100. The molecule has 1 aromatic carbocycles. The predicted molar refractivity (Wildman–Crippen MR) is 110 cm³/mol. The van der Waals surface area contributed by atoms with Crippen molar-refractivity contribution in [3.05, 3.63) is 76.0 Å². The number of methoxy groups -OCH3 is 1. The van der Waals surface area contributed by atoms with Gasteiger partial charge in [-0.1, -0.05) is 30.3 Å². The van der Waals surface area contributed by atoms with Gasteiger partial charge < -0.3 is 14.5 Å². The van der Waals surface area contributed by atoms with Gasteiger partial charge >= 0.3 is 0 Å². The van der Waals surface area contributed by atoms with E-state index < -0.39 is 0 Å². The second-order valence-electron chi connectivity index (χ2n) is 5.90. The van der Waals surface area contributed by atoms with Crippen LogP contribution in [0.5, 0.6) is 5.75 Å². The lowest BCUT2D eigenvalue weighted by atomic mass is 10.2. The number of rotatable bonds is 5. The Kier molecular flexibility index (Phi) is 4.96. The molecule has 4 rings (SSSR count). The lowest BCUT2D eigenvalue weighted by molar-refractivity contribution is 0.0952. The summed E-state index contributed by atoms with van der Waals surface area (Å²) in [6.07, 6.45) is 3.84. The van der Waals surface area contributed by atoms with Crippen LogP contribution in [0.3, 0.4) is 0 Å². The van der Waals surface area contributed by atoms with E-state index in [0.717, 1.165) is 26.3 Å². The number of nitrogens with zero attached hydrogens (tertiary/aromatic N) is 2. The Hall–Kier alpha value is -2.64. The Morgan fingerprint density at radius 3 is 2.81 bits per heavy atom. The number of carbonyl (C=O) groups excluding carboxylic acids is 1. The fourth-order valence-electron chi connectivity index (χ4n) is 2.78. The van der Waals surface area contributed by atoms with E-state index in [9.17, 15) is 4.79 Å². The predicted octanol–water partition coefficient (Wildman–Crippen LogP) is 4.76. The number of hydrogen-bond acceptors (Lipinski definition) is 4. The highest BCUT2D eigenvalue weighted by atomic mass is 79.9. The van der Waals surface area contributed by atoms with E-state index in [0.29, 0.717) is 17.2 Å². The highest BCUT2D eigenvalue weighted by Gasteiger charge is 2.18. The van der Waals surface area contributed by atoms with E-state index in [2.05, 4.69) is 26.2 Å². The molecule has 4 aromatic rings. The quantitative estimate of drug-likeness (QED) is 0.485. The third kappa shape index (κ3) is 3.74. The number of halogens is 1. The summed E-state index contributed by atoms with van der Waals surface area (Å²) >= 11 is 4.86. The maximum Gasteiger partial charge on any atom is 0.265 e. The molecule has 1 N–H and O–H groups in total. The number of aromatic nitrogens is 2. The molecular weight excluding hydrogens is 426 g/mol. The monoisotopic (exact) mass is 441 g/mol. The van der Waals surface area contributed by atoms with Crippen molar-refractivity contribution in [2.45, 2.75) is 6.54 Å². The van der Waals surface area contributed by atoms with Crippen molar-refractivity contribution in [3.63, 3.8) is 0 Å². The fourth-order valence-corrected chi connectivity index (χ4v) is 4.18. The van der Waals surface area contributed by atoms with Gasteiger partial charge in [-0.2, -0.15) is 0 Å². The zero-order chi connectivity index (χ0) is 18.8. The second-order valence-corrected chi connectivity index (χ2v) is 7.87. The minimum atomic E-state index is -0.169. The van der Waals surface area contributed by atoms with E-state index >= 15 is 0 Å². The third-order valence-electron chi connectivity index (χ3n) is 4.08. The van der Waals surface area contributed by atoms with E-state index in [4.69, 9.17) is 4.74 Å². The van der Waals surface area contributed by atoms with Gasteiger partial charge in [0, 0.05) is 21.7 Å². The molecule has 3 heterocycles. The van der Waals surface area contributed by atoms with Gasteiger partial charge in [-0.25, -0.2) is 4.98 Å². The number of imidazole rings is 1. The molecule has 5 nitrogen and oxygen atoms in total. The summed E-state index contributed by atoms with van der Waals surface area (Å²) in [5.74, 6) is 0.410. The summed E-state index contributed by atoms with van der Waals surface area (Å²) < 4.78 is 8.30. The molecule has 27 heavy (non-hydrogen) atoms. The van der Waals surface area contributed by atoms with Crippen LogP contribution in [-0.4, -0.2) is 22.4 Å². The van der Waals surface area contributed by atoms with Crippen molar-refractivity contribution in [1.82, 2.24) is 14.7 Å². The van der Waals surface area contributed by atoms with Gasteiger partial charge in [-0.15, -0.1) is 11.3 Å². The van der Waals surface area contributed by atoms with Crippen LogP contribution in [0.1, 0.15) is 15.4 Å². The molecule has 0 atom stereocenters. The van der Waals surface area contributed by atoms with E-state index in [-0.39, 0.29) is 5.91 Å². The van der Waals surface area contributed by atoms with Crippen LogP contribution in [0.25, 0.3) is 16.1 Å². The summed E-state index contributed by atoms with van der Waals surface area (Å²) in [6, 6.07) is 15.7. The van der Waals surface area contributed by atoms with Gasteiger partial charge in [-0.3, -0.25) is 4.79 Å². The number of nitrogens with one attached hydrogen (secondary N) is 1. The minimum Gasteiger partial charge on any atom is -0.495 e. The summed E-state index contributed by atoms with van der Waals surface area (Å²) in [6.45, 7) is 0.347. The van der Waals surface area contributed by atoms with Crippen LogP contribution in [-0.2, 0) is 6.54 Å². The average Bonchev–Trinajstić information content (AvgIpc) is 3.30. The molecule has 0 aliphatic rings. The van der Waals surface area contributed by atoms with Gasteiger partial charge in [0.2, 0.25) is 0 Å². The number of carbonyl (C=O) groups is 1.